The number of carbonyl (C=O) groups excluding carboxylic acids is 1. The van der Waals surface area contributed by atoms with Gasteiger partial charge in [0.25, 0.3) is 5.91 Å². The topological polar surface area (TPSA) is 42.0 Å². The second-order valence-corrected chi connectivity index (χ2v) is 5.81. The van der Waals surface area contributed by atoms with Crippen molar-refractivity contribution in [1.29, 1.82) is 0 Å². The lowest BCUT2D eigenvalue weighted by Gasteiger charge is -2.04. The maximum absolute atomic E-state index is 11.9. The Morgan fingerprint density at radius 1 is 1.00 bits per heavy atom. The Balaban J connectivity index is 2.11. The van der Waals surface area contributed by atoms with Gasteiger partial charge in [0, 0.05) is 18.9 Å². The van der Waals surface area contributed by atoms with Crippen LogP contribution < -0.4 is 5.32 Å². The van der Waals surface area contributed by atoms with Crippen molar-refractivity contribution in [3.63, 3.8) is 0 Å². The number of nitrogens with one attached hydrogen (secondary N) is 1. The summed E-state index contributed by atoms with van der Waals surface area (Å²) in [4.78, 5) is 16.0. The molecule has 0 unspecified atom stereocenters. The number of pyridine rings is 1. The Morgan fingerprint density at radius 3 is 2.24 bits per heavy atom. The number of nitrogens with zero attached hydrogens (tertiary/aromatic N) is 1. The number of amides is 1. The molecular weight excluding hydrogens is 442 g/mol. The second kappa shape index (κ2) is 5.76. The molecule has 3 nitrogen and oxygen atoms in total. The minimum atomic E-state index is -0.143. The Labute approximate surface area is 126 Å². The van der Waals surface area contributed by atoms with Crippen LogP contribution >= 0.6 is 45.2 Å². The van der Waals surface area contributed by atoms with Gasteiger partial charge in [-0.2, -0.15) is 0 Å². The average molecular weight is 450 g/mol. The van der Waals surface area contributed by atoms with Crippen molar-refractivity contribution in [3.05, 3.63) is 55.3 Å². The molecule has 0 bridgehead atoms. The normalized spacial score (nSPS) is 10.0. The van der Waals surface area contributed by atoms with Crippen molar-refractivity contribution < 1.29 is 4.79 Å². The predicted octanol–water partition coefficient (Wildman–Crippen LogP) is 3.54. The first kappa shape index (κ1) is 12.7. The van der Waals surface area contributed by atoms with Gasteiger partial charge in [0.2, 0.25) is 0 Å². The molecule has 1 heterocycles. The molecule has 0 radical (unpaired) electrons. The van der Waals surface area contributed by atoms with E-state index in [4.69, 9.17) is 0 Å². The SMILES string of the molecule is O=C(Nc1ccc(I)cn1)c1ccc(I)cc1. The van der Waals surface area contributed by atoms with Gasteiger partial charge in [0.05, 0.1) is 0 Å². The van der Waals surface area contributed by atoms with E-state index in [9.17, 15) is 4.79 Å². The monoisotopic (exact) mass is 450 g/mol. The molecule has 17 heavy (non-hydrogen) atoms. The van der Waals surface area contributed by atoms with E-state index in [1.54, 1.807) is 24.4 Å². The van der Waals surface area contributed by atoms with Gasteiger partial charge in [-0.3, -0.25) is 4.79 Å². The predicted molar refractivity (Wildman–Crippen MR) is 84.1 cm³/mol. The molecule has 1 N–H and O–H groups in total. The summed E-state index contributed by atoms with van der Waals surface area (Å²) in [5, 5.41) is 2.75. The first-order valence-electron chi connectivity index (χ1n) is 4.83. The summed E-state index contributed by atoms with van der Waals surface area (Å²) in [5.41, 5.74) is 0.630. The van der Waals surface area contributed by atoms with Crippen LogP contribution in [0.5, 0.6) is 0 Å². The van der Waals surface area contributed by atoms with Gasteiger partial charge >= 0.3 is 0 Å². The van der Waals surface area contributed by atoms with Crippen molar-refractivity contribution >= 4 is 56.9 Å². The Bertz CT molecular complexity index is 523. The lowest BCUT2D eigenvalue weighted by Crippen LogP contribution is -2.12. The van der Waals surface area contributed by atoms with Crippen molar-refractivity contribution in [2.24, 2.45) is 0 Å². The Kier molecular flexibility index (Phi) is 4.32. The van der Waals surface area contributed by atoms with Crippen LogP contribution in [0.25, 0.3) is 0 Å². The molecule has 2 rings (SSSR count). The number of anilines is 1. The molecule has 0 aliphatic carbocycles. The quantitative estimate of drug-likeness (QED) is 0.712. The van der Waals surface area contributed by atoms with Crippen molar-refractivity contribution in [2.75, 3.05) is 5.32 Å². The van der Waals surface area contributed by atoms with Crippen LogP contribution in [0.4, 0.5) is 5.82 Å². The van der Waals surface area contributed by atoms with E-state index < -0.39 is 0 Å². The molecule has 0 aliphatic heterocycles. The second-order valence-electron chi connectivity index (χ2n) is 3.32. The van der Waals surface area contributed by atoms with Gasteiger partial charge < -0.3 is 5.32 Å². The molecule has 1 aromatic heterocycles. The molecule has 0 aliphatic rings. The standard InChI is InChI=1S/C12H8I2N2O/c13-9-3-1-8(2-4-9)12(17)16-11-6-5-10(14)7-15-11/h1-7H,(H,15,16,17). The van der Waals surface area contributed by atoms with Gasteiger partial charge in [-0.05, 0) is 81.6 Å². The van der Waals surface area contributed by atoms with Crippen LogP contribution in [0.2, 0.25) is 0 Å². The molecule has 0 spiro atoms. The average Bonchev–Trinajstić information content (AvgIpc) is 2.33. The molecule has 0 fully saturated rings. The fraction of sp³-hybridized carbons (Fsp3) is 0. The summed E-state index contributed by atoms with van der Waals surface area (Å²) in [6, 6.07) is 11.1. The van der Waals surface area contributed by atoms with Crippen molar-refractivity contribution in [3.8, 4) is 0 Å². The minimum Gasteiger partial charge on any atom is -0.307 e. The van der Waals surface area contributed by atoms with Crippen LogP contribution in [-0.4, -0.2) is 10.9 Å². The number of hydrogen-bond acceptors (Lipinski definition) is 2. The number of aromatic nitrogens is 1. The highest BCUT2D eigenvalue weighted by Gasteiger charge is 2.05. The highest BCUT2D eigenvalue weighted by Crippen LogP contribution is 2.10. The molecule has 0 atom stereocenters. The molecule has 2 aromatic rings. The maximum atomic E-state index is 11.9. The third kappa shape index (κ3) is 3.63. The Hall–Kier alpha value is -0.700. The van der Waals surface area contributed by atoms with Crippen LogP contribution in [-0.2, 0) is 0 Å². The number of carbonyl (C=O) groups is 1. The molecule has 0 saturated carbocycles. The molecule has 0 saturated heterocycles. The van der Waals surface area contributed by atoms with Crippen LogP contribution in [0.1, 0.15) is 10.4 Å². The Morgan fingerprint density at radius 2 is 1.65 bits per heavy atom. The van der Waals surface area contributed by atoms with Crippen LogP contribution in [0, 0.1) is 7.14 Å². The number of benzene rings is 1. The minimum absolute atomic E-state index is 0.143. The van der Waals surface area contributed by atoms with E-state index in [0.717, 1.165) is 7.14 Å². The van der Waals surface area contributed by atoms with E-state index in [0.29, 0.717) is 11.4 Å². The molecule has 1 amide bonds. The van der Waals surface area contributed by atoms with E-state index >= 15 is 0 Å². The van der Waals surface area contributed by atoms with E-state index in [1.807, 2.05) is 18.2 Å². The third-order valence-corrected chi connectivity index (χ3v) is 3.43. The number of rotatable bonds is 2. The zero-order chi connectivity index (χ0) is 12.3. The molecule has 86 valence electrons. The molecule has 1 aromatic carbocycles. The summed E-state index contributed by atoms with van der Waals surface area (Å²) in [6.45, 7) is 0. The third-order valence-electron chi connectivity index (χ3n) is 2.08. The highest BCUT2D eigenvalue weighted by molar-refractivity contribution is 14.1. The van der Waals surface area contributed by atoms with Crippen LogP contribution in [0.3, 0.4) is 0 Å². The zero-order valence-electron chi connectivity index (χ0n) is 8.65. The number of halogens is 2. The van der Waals surface area contributed by atoms with E-state index in [1.165, 1.54) is 0 Å². The van der Waals surface area contributed by atoms with Gasteiger partial charge in [0.15, 0.2) is 0 Å². The van der Waals surface area contributed by atoms with Gasteiger partial charge in [-0.15, -0.1) is 0 Å². The van der Waals surface area contributed by atoms with Gasteiger partial charge in [-0.1, -0.05) is 0 Å². The maximum Gasteiger partial charge on any atom is 0.256 e. The highest BCUT2D eigenvalue weighted by atomic mass is 127. The fourth-order valence-electron chi connectivity index (χ4n) is 1.24. The lowest BCUT2D eigenvalue weighted by atomic mass is 10.2. The summed E-state index contributed by atoms with van der Waals surface area (Å²) in [5.74, 6) is 0.420. The molecule has 5 heteroatoms. The summed E-state index contributed by atoms with van der Waals surface area (Å²) < 4.78 is 2.14. The van der Waals surface area contributed by atoms with Crippen LogP contribution in [0.15, 0.2) is 42.6 Å². The first-order chi connectivity index (χ1) is 8.15. The summed E-state index contributed by atoms with van der Waals surface area (Å²) in [6.07, 6.45) is 1.71. The van der Waals surface area contributed by atoms with Gasteiger partial charge in [-0.25, -0.2) is 4.98 Å². The smallest absolute Gasteiger partial charge is 0.256 e. The summed E-state index contributed by atoms with van der Waals surface area (Å²) >= 11 is 4.37. The lowest BCUT2D eigenvalue weighted by molar-refractivity contribution is 0.102. The van der Waals surface area contributed by atoms with Gasteiger partial charge in [0.1, 0.15) is 5.82 Å². The van der Waals surface area contributed by atoms with Crippen molar-refractivity contribution in [2.45, 2.75) is 0 Å². The van der Waals surface area contributed by atoms with E-state index in [2.05, 4.69) is 55.5 Å². The summed E-state index contributed by atoms with van der Waals surface area (Å²) in [7, 11) is 0. The van der Waals surface area contributed by atoms with E-state index in [-0.39, 0.29) is 5.91 Å². The first-order valence-corrected chi connectivity index (χ1v) is 6.99. The fourth-order valence-corrected chi connectivity index (χ4v) is 1.92. The zero-order valence-corrected chi connectivity index (χ0v) is 13.0. The largest absolute Gasteiger partial charge is 0.307 e. The molecular formula is C12H8I2N2O. The van der Waals surface area contributed by atoms with Crippen molar-refractivity contribution in [1.82, 2.24) is 4.98 Å². The number of hydrogen-bond donors (Lipinski definition) is 1.